The molecule has 3 aromatic carbocycles. The molecule has 0 radical (unpaired) electrons. The van der Waals surface area contributed by atoms with Crippen LogP contribution in [0.5, 0.6) is 0 Å². The number of benzene rings is 3. The Hall–Kier alpha value is -2.81. The summed E-state index contributed by atoms with van der Waals surface area (Å²) in [5.74, 6) is -1.56. The lowest BCUT2D eigenvalue weighted by Gasteiger charge is -2.27. The highest BCUT2D eigenvalue weighted by molar-refractivity contribution is 5.89. The molecule has 1 saturated carbocycles. The van der Waals surface area contributed by atoms with Gasteiger partial charge in [-0.3, -0.25) is 0 Å². The number of hydrogen-bond donors (Lipinski definition) is 0. The fourth-order valence-corrected chi connectivity index (χ4v) is 5.10. The first-order chi connectivity index (χ1) is 16.0. The highest BCUT2D eigenvalue weighted by atomic mass is 19.2. The zero-order valence-electron chi connectivity index (χ0n) is 19.4. The van der Waals surface area contributed by atoms with E-state index < -0.39 is 17.5 Å². The normalized spacial score (nSPS) is 19.2. The van der Waals surface area contributed by atoms with E-state index in [4.69, 9.17) is 0 Å². The van der Waals surface area contributed by atoms with Crippen molar-refractivity contribution >= 4 is 10.8 Å². The Balaban J connectivity index is 1.60. The molecule has 0 nitrogen and oxygen atoms in total. The van der Waals surface area contributed by atoms with Crippen LogP contribution in [0.2, 0.25) is 0 Å². The number of fused-ring (bicyclic) bond motifs is 1. The fraction of sp³-hybridized carbons (Fsp3) is 0.333. The Morgan fingerprint density at radius 3 is 2.21 bits per heavy atom. The Bertz CT molecular complexity index is 1160. The van der Waals surface area contributed by atoms with Crippen molar-refractivity contribution in [3.8, 4) is 11.1 Å². The van der Waals surface area contributed by atoms with Gasteiger partial charge < -0.3 is 0 Å². The molecule has 0 aromatic heterocycles. The first-order valence-electron chi connectivity index (χ1n) is 12.0. The molecule has 0 saturated heterocycles. The summed E-state index contributed by atoms with van der Waals surface area (Å²) >= 11 is 0. The van der Waals surface area contributed by atoms with Gasteiger partial charge in [-0.15, -0.1) is 0 Å². The van der Waals surface area contributed by atoms with E-state index in [9.17, 15) is 8.78 Å². The Morgan fingerprint density at radius 1 is 0.818 bits per heavy atom. The van der Waals surface area contributed by atoms with Crippen LogP contribution in [0.1, 0.15) is 63.0 Å². The van der Waals surface area contributed by atoms with Crippen molar-refractivity contribution in [3.05, 3.63) is 95.3 Å². The van der Waals surface area contributed by atoms with Crippen molar-refractivity contribution in [1.29, 1.82) is 0 Å². The third kappa shape index (κ3) is 4.93. The van der Waals surface area contributed by atoms with Crippen molar-refractivity contribution in [2.45, 2.75) is 58.3 Å². The average Bonchev–Trinajstić information content (AvgIpc) is 2.83. The van der Waals surface area contributed by atoms with Crippen LogP contribution in [-0.4, -0.2) is 0 Å². The predicted molar refractivity (Wildman–Crippen MR) is 132 cm³/mol. The van der Waals surface area contributed by atoms with E-state index in [2.05, 4.69) is 31.2 Å². The molecule has 0 aliphatic heterocycles. The van der Waals surface area contributed by atoms with Crippen LogP contribution in [0.15, 0.2) is 66.8 Å². The van der Waals surface area contributed by atoms with Gasteiger partial charge in [0.1, 0.15) is 5.82 Å². The van der Waals surface area contributed by atoms with E-state index in [1.807, 2.05) is 31.2 Å². The van der Waals surface area contributed by atoms with Gasteiger partial charge in [0.15, 0.2) is 11.6 Å². The molecular formula is C30H31F3. The standard InChI is InChI=1S/C30H31F3/c1-3-5-6-8-25-19-24-17-18-26(29(32)27(24)30(33)28(25)31)23-15-13-22(14-16-23)21-11-9-20(7-4-2)10-12-21/h3-5,7,13-21H,6,8-12H2,1-2H3/b5-3+,7-4+. The molecular weight excluding hydrogens is 417 g/mol. The smallest absolute Gasteiger partial charge is 0.169 e. The van der Waals surface area contributed by atoms with Gasteiger partial charge in [0.2, 0.25) is 0 Å². The molecule has 1 aliphatic rings. The van der Waals surface area contributed by atoms with E-state index in [0.29, 0.717) is 41.2 Å². The molecule has 3 heteroatoms. The van der Waals surface area contributed by atoms with Crippen LogP contribution in [0.3, 0.4) is 0 Å². The minimum Gasteiger partial charge on any atom is -0.206 e. The summed E-state index contributed by atoms with van der Waals surface area (Å²) in [4.78, 5) is 0. The van der Waals surface area contributed by atoms with E-state index in [0.717, 1.165) is 12.8 Å². The van der Waals surface area contributed by atoms with Gasteiger partial charge in [-0.2, -0.15) is 0 Å². The van der Waals surface area contributed by atoms with Crippen molar-refractivity contribution in [3.63, 3.8) is 0 Å². The Labute approximate surface area is 194 Å². The SMILES string of the molecule is C/C=C/CCc1cc2ccc(-c3ccc(C4CCC(/C=C/C)CC4)cc3)c(F)c2c(F)c1F. The summed E-state index contributed by atoms with van der Waals surface area (Å²) in [6, 6.07) is 12.8. The number of rotatable bonds is 6. The molecule has 0 spiro atoms. The highest BCUT2D eigenvalue weighted by Gasteiger charge is 2.22. The third-order valence-corrected chi connectivity index (χ3v) is 6.94. The monoisotopic (exact) mass is 448 g/mol. The zero-order valence-corrected chi connectivity index (χ0v) is 19.4. The molecule has 1 aliphatic carbocycles. The Morgan fingerprint density at radius 2 is 1.55 bits per heavy atom. The maximum absolute atomic E-state index is 15.4. The van der Waals surface area contributed by atoms with Gasteiger partial charge in [-0.05, 0) is 92.4 Å². The van der Waals surface area contributed by atoms with E-state index in [-0.39, 0.29) is 10.9 Å². The minimum atomic E-state index is -1.10. The second kappa shape index (κ2) is 10.4. The minimum absolute atomic E-state index is 0.272. The van der Waals surface area contributed by atoms with Crippen molar-refractivity contribution in [1.82, 2.24) is 0 Å². The molecule has 1 fully saturated rings. The molecule has 0 atom stereocenters. The second-order valence-corrected chi connectivity index (χ2v) is 9.06. The van der Waals surface area contributed by atoms with Crippen molar-refractivity contribution < 1.29 is 13.2 Å². The molecule has 4 rings (SSSR count). The largest absolute Gasteiger partial charge is 0.206 e. The van der Waals surface area contributed by atoms with Gasteiger partial charge >= 0.3 is 0 Å². The molecule has 0 bridgehead atoms. The van der Waals surface area contributed by atoms with E-state index in [1.54, 1.807) is 18.2 Å². The summed E-state index contributed by atoms with van der Waals surface area (Å²) in [5.41, 5.74) is 2.52. The quantitative estimate of drug-likeness (QED) is 0.330. The van der Waals surface area contributed by atoms with Gasteiger partial charge in [-0.25, -0.2) is 13.2 Å². The molecule has 33 heavy (non-hydrogen) atoms. The van der Waals surface area contributed by atoms with Crippen LogP contribution in [0.4, 0.5) is 13.2 Å². The summed E-state index contributed by atoms with van der Waals surface area (Å²) < 4.78 is 44.9. The molecule has 172 valence electrons. The van der Waals surface area contributed by atoms with Crippen LogP contribution < -0.4 is 0 Å². The maximum atomic E-state index is 15.4. The third-order valence-electron chi connectivity index (χ3n) is 6.94. The lowest BCUT2D eigenvalue weighted by atomic mass is 9.78. The van der Waals surface area contributed by atoms with E-state index in [1.165, 1.54) is 18.4 Å². The van der Waals surface area contributed by atoms with Gasteiger partial charge in [0.05, 0.1) is 5.39 Å². The molecule has 0 amide bonds. The van der Waals surface area contributed by atoms with Crippen molar-refractivity contribution in [2.75, 3.05) is 0 Å². The first kappa shape index (κ1) is 23.4. The van der Waals surface area contributed by atoms with Crippen LogP contribution in [-0.2, 0) is 6.42 Å². The molecule has 0 unspecified atom stereocenters. The van der Waals surface area contributed by atoms with Crippen molar-refractivity contribution in [2.24, 2.45) is 5.92 Å². The summed E-state index contributed by atoms with van der Waals surface area (Å²) in [7, 11) is 0. The first-order valence-corrected chi connectivity index (χ1v) is 12.0. The zero-order chi connectivity index (χ0) is 23.4. The van der Waals surface area contributed by atoms with E-state index >= 15 is 4.39 Å². The fourth-order valence-electron chi connectivity index (χ4n) is 5.10. The van der Waals surface area contributed by atoms with Crippen LogP contribution in [0, 0.1) is 23.4 Å². The summed E-state index contributed by atoms with van der Waals surface area (Å²) in [6.07, 6.45) is 13.9. The Kier molecular flexibility index (Phi) is 7.37. The number of hydrogen-bond acceptors (Lipinski definition) is 0. The molecule has 3 aromatic rings. The van der Waals surface area contributed by atoms with Gasteiger partial charge in [-0.1, -0.05) is 60.7 Å². The maximum Gasteiger partial charge on any atom is 0.169 e. The molecule has 0 N–H and O–H groups in total. The van der Waals surface area contributed by atoms with Crippen LogP contribution >= 0.6 is 0 Å². The lowest BCUT2D eigenvalue weighted by Crippen LogP contribution is -2.11. The summed E-state index contributed by atoms with van der Waals surface area (Å²) in [6.45, 7) is 3.96. The topological polar surface area (TPSA) is 0 Å². The summed E-state index contributed by atoms with van der Waals surface area (Å²) in [5, 5.41) is 0.117. The van der Waals surface area contributed by atoms with Gasteiger partial charge in [0.25, 0.3) is 0 Å². The lowest BCUT2D eigenvalue weighted by molar-refractivity contribution is 0.376. The van der Waals surface area contributed by atoms with Crippen LogP contribution in [0.25, 0.3) is 21.9 Å². The number of allylic oxidation sites excluding steroid dienone is 4. The number of aryl methyl sites for hydroxylation is 1. The average molecular weight is 449 g/mol. The second-order valence-electron chi connectivity index (χ2n) is 9.06. The van der Waals surface area contributed by atoms with Gasteiger partial charge in [0, 0.05) is 5.56 Å². The number of halogens is 3. The molecule has 0 heterocycles. The highest BCUT2D eigenvalue weighted by Crippen LogP contribution is 2.38. The predicted octanol–water partition coefficient (Wildman–Crippen LogP) is 9.28.